The molecule has 0 aromatic heterocycles. The van der Waals surface area contributed by atoms with Crippen molar-refractivity contribution in [1.29, 1.82) is 0 Å². The molecule has 1 aromatic rings. The van der Waals surface area contributed by atoms with Crippen LogP contribution >= 0.6 is 0 Å². The van der Waals surface area contributed by atoms with E-state index in [0.717, 1.165) is 30.5 Å². The van der Waals surface area contributed by atoms with E-state index in [9.17, 15) is 9.59 Å². The fourth-order valence-electron chi connectivity index (χ4n) is 5.13. The van der Waals surface area contributed by atoms with Gasteiger partial charge in [-0.15, -0.1) is 0 Å². The maximum absolute atomic E-state index is 13.3. The molecule has 1 aliphatic carbocycles. The number of hydrogen-bond acceptors (Lipinski definition) is 2. The van der Waals surface area contributed by atoms with Crippen molar-refractivity contribution in [2.24, 2.45) is 5.92 Å². The summed E-state index contributed by atoms with van der Waals surface area (Å²) in [5, 5.41) is 0. The Morgan fingerprint density at radius 1 is 1.08 bits per heavy atom. The molecule has 4 rings (SSSR count). The molecule has 2 heterocycles. The van der Waals surface area contributed by atoms with Gasteiger partial charge in [-0.05, 0) is 48.8 Å². The van der Waals surface area contributed by atoms with Crippen LogP contribution in [0.1, 0.15) is 69.0 Å². The lowest BCUT2D eigenvalue weighted by atomic mass is 9.78. The molecule has 1 aromatic carbocycles. The Balaban J connectivity index is 1.57. The Labute approximate surface area is 155 Å². The smallest absolute Gasteiger partial charge is 0.225 e. The van der Waals surface area contributed by atoms with E-state index in [1.165, 1.54) is 25.7 Å². The van der Waals surface area contributed by atoms with Gasteiger partial charge < -0.3 is 9.80 Å². The van der Waals surface area contributed by atoms with Crippen molar-refractivity contribution >= 4 is 17.9 Å². The van der Waals surface area contributed by atoms with E-state index >= 15 is 0 Å². The largest absolute Gasteiger partial charge is 0.339 e. The first-order valence-electron chi connectivity index (χ1n) is 10.0. The fraction of sp³-hybridized carbons (Fsp3) is 0.545. The predicted octanol–water partition coefficient (Wildman–Crippen LogP) is 4.13. The molecular weight excluding hydrogens is 324 g/mol. The summed E-state index contributed by atoms with van der Waals surface area (Å²) in [5.74, 6) is 0.884. The highest BCUT2D eigenvalue weighted by Gasteiger charge is 2.37. The van der Waals surface area contributed by atoms with Crippen molar-refractivity contribution < 1.29 is 9.59 Å². The maximum atomic E-state index is 13.3. The molecule has 0 radical (unpaired) electrons. The standard InChI is InChI=1S/C22H28N2O2/c1-16(25)23-14-12-17-7-2-4-10-19(17)21(23)15-22(26)24-13-6-9-18-8-3-5-11-20(18)24/h2,4,7,10,12,14,18,20-21H,3,5-6,8-9,11,13,15H2,1H3. The molecule has 1 saturated carbocycles. The van der Waals surface area contributed by atoms with Crippen LogP contribution in [0.2, 0.25) is 0 Å². The van der Waals surface area contributed by atoms with Gasteiger partial charge in [-0.1, -0.05) is 37.1 Å². The number of carbonyl (C=O) groups is 2. The number of piperidine rings is 1. The molecule has 4 nitrogen and oxygen atoms in total. The third kappa shape index (κ3) is 3.17. The number of hydrogen-bond donors (Lipinski definition) is 0. The quantitative estimate of drug-likeness (QED) is 0.803. The van der Waals surface area contributed by atoms with Gasteiger partial charge in [-0.2, -0.15) is 0 Å². The van der Waals surface area contributed by atoms with Crippen LogP contribution in [0.3, 0.4) is 0 Å². The van der Waals surface area contributed by atoms with Crippen LogP contribution in [0.4, 0.5) is 0 Å². The second kappa shape index (κ2) is 7.26. The van der Waals surface area contributed by atoms with Crippen LogP contribution in [0.15, 0.2) is 30.5 Å². The van der Waals surface area contributed by atoms with Gasteiger partial charge in [0.2, 0.25) is 11.8 Å². The third-order valence-corrected chi connectivity index (χ3v) is 6.40. The summed E-state index contributed by atoms with van der Waals surface area (Å²) in [6.45, 7) is 2.46. The van der Waals surface area contributed by atoms with Crippen molar-refractivity contribution in [2.45, 2.75) is 64.0 Å². The van der Waals surface area contributed by atoms with Gasteiger partial charge in [0, 0.05) is 25.7 Å². The summed E-state index contributed by atoms with van der Waals surface area (Å²) < 4.78 is 0. The first kappa shape index (κ1) is 17.3. The minimum atomic E-state index is -0.190. The molecule has 0 N–H and O–H groups in total. The molecule has 4 heteroatoms. The summed E-state index contributed by atoms with van der Waals surface area (Å²) in [4.78, 5) is 29.3. The van der Waals surface area contributed by atoms with E-state index in [2.05, 4.69) is 11.0 Å². The molecule has 138 valence electrons. The number of amides is 2. The predicted molar refractivity (Wildman–Crippen MR) is 102 cm³/mol. The molecule has 26 heavy (non-hydrogen) atoms. The summed E-state index contributed by atoms with van der Waals surface area (Å²) in [6.07, 6.45) is 11.5. The van der Waals surface area contributed by atoms with E-state index in [1.54, 1.807) is 11.8 Å². The topological polar surface area (TPSA) is 40.6 Å². The van der Waals surface area contributed by atoms with Gasteiger partial charge in [0.1, 0.15) is 0 Å². The zero-order chi connectivity index (χ0) is 18.1. The van der Waals surface area contributed by atoms with E-state index in [4.69, 9.17) is 0 Å². The van der Waals surface area contributed by atoms with E-state index in [1.807, 2.05) is 30.5 Å². The van der Waals surface area contributed by atoms with Gasteiger partial charge in [-0.25, -0.2) is 0 Å². The van der Waals surface area contributed by atoms with Crippen LogP contribution in [0.5, 0.6) is 0 Å². The number of benzene rings is 1. The highest BCUT2D eigenvalue weighted by molar-refractivity contribution is 5.82. The molecule has 3 aliphatic rings. The Morgan fingerprint density at radius 3 is 2.69 bits per heavy atom. The lowest BCUT2D eigenvalue weighted by molar-refractivity contribution is -0.139. The number of rotatable bonds is 2. The van der Waals surface area contributed by atoms with Gasteiger partial charge in [-0.3, -0.25) is 9.59 Å². The monoisotopic (exact) mass is 352 g/mol. The molecule has 0 spiro atoms. The summed E-state index contributed by atoms with van der Waals surface area (Å²) in [6, 6.07) is 8.33. The highest BCUT2D eigenvalue weighted by Crippen LogP contribution is 2.38. The van der Waals surface area contributed by atoms with Crippen molar-refractivity contribution in [1.82, 2.24) is 9.80 Å². The summed E-state index contributed by atoms with van der Waals surface area (Å²) in [5.41, 5.74) is 2.19. The normalized spacial score (nSPS) is 27.7. The lowest BCUT2D eigenvalue weighted by Crippen LogP contribution is -2.50. The Hall–Kier alpha value is -2.10. The number of likely N-dealkylation sites (tertiary alicyclic amines) is 1. The molecule has 2 fully saturated rings. The first-order valence-corrected chi connectivity index (χ1v) is 10.0. The second-order valence-electron chi connectivity index (χ2n) is 7.93. The van der Waals surface area contributed by atoms with E-state index in [-0.39, 0.29) is 17.9 Å². The Morgan fingerprint density at radius 2 is 1.85 bits per heavy atom. The van der Waals surface area contributed by atoms with Gasteiger partial charge in [0.05, 0.1) is 12.5 Å². The van der Waals surface area contributed by atoms with Crippen molar-refractivity contribution in [3.8, 4) is 0 Å². The maximum Gasteiger partial charge on any atom is 0.225 e. The average Bonchev–Trinajstić information content (AvgIpc) is 2.67. The van der Waals surface area contributed by atoms with Crippen LogP contribution in [-0.2, 0) is 9.59 Å². The first-order chi connectivity index (χ1) is 12.6. The Kier molecular flexibility index (Phi) is 4.84. The van der Waals surface area contributed by atoms with E-state index < -0.39 is 0 Å². The number of nitrogens with zero attached hydrogens (tertiary/aromatic N) is 2. The summed E-state index contributed by atoms with van der Waals surface area (Å²) >= 11 is 0. The van der Waals surface area contributed by atoms with Crippen molar-refractivity contribution in [2.75, 3.05) is 6.54 Å². The van der Waals surface area contributed by atoms with Crippen LogP contribution in [-0.4, -0.2) is 34.2 Å². The Bertz CT molecular complexity index is 725. The zero-order valence-corrected chi connectivity index (χ0v) is 15.6. The molecule has 2 amide bonds. The number of carbonyl (C=O) groups excluding carboxylic acids is 2. The molecule has 0 bridgehead atoms. The lowest BCUT2D eigenvalue weighted by Gasteiger charge is -2.45. The minimum Gasteiger partial charge on any atom is -0.339 e. The minimum absolute atomic E-state index is 0.0114. The molecule has 3 unspecified atom stereocenters. The zero-order valence-electron chi connectivity index (χ0n) is 15.6. The number of fused-ring (bicyclic) bond motifs is 2. The van der Waals surface area contributed by atoms with E-state index in [0.29, 0.717) is 18.4 Å². The van der Waals surface area contributed by atoms with Crippen LogP contribution in [0.25, 0.3) is 6.08 Å². The SMILES string of the molecule is CC(=O)N1C=Cc2ccccc2C1CC(=O)N1CCCC2CCCCC21. The van der Waals surface area contributed by atoms with Gasteiger partial charge >= 0.3 is 0 Å². The van der Waals surface area contributed by atoms with Crippen LogP contribution < -0.4 is 0 Å². The van der Waals surface area contributed by atoms with Crippen LogP contribution in [0, 0.1) is 5.92 Å². The fourth-order valence-corrected chi connectivity index (χ4v) is 5.13. The average molecular weight is 352 g/mol. The molecule has 3 atom stereocenters. The molecule has 1 saturated heterocycles. The molecular formula is C22H28N2O2. The third-order valence-electron chi connectivity index (χ3n) is 6.40. The van der Waals surface area contributed by atoms with Gasteiger partial charge in [0.15, 0.2) is 0 Å². The van der Waals surface area contributed by atoms with Crippen molar-refractivity contribution in [3.05, 3.63) is 41.6 Å². The van der Waals surface area contributed by atoms with Gasteiger partial charge in [0.25, 0.3) is 0 Å². The highest BCUT2D eigenvalue weighted by atomic mass is 16.2. The second-order valence-corrected chi connectivity index (χ2v) is 7.93. The molecule has 2 aliphatic heterocycles. The van der Waals surface area contributed by atoms with Crippen molar-refractivity contribution in [3.63, 3.8) is 0 Å². The summed E-state index contributed by atoms with van der Waals surface area (Å²) in [7, 11) is 0.